The van der Waals surface area contributed by atoms with Crippen LogP contribution in [0.2, 0.25) is 0 Å². The highest BCUT2D eigenvalue weighted by Crippen LogP contribution is 2.29. The molecule has 0 aliphatic rings. The molecule has 0 amide bonds. The molecule has 0 saturated heterocycles. The van der Waals surface area contributed by atoms with Gasteiger partial charge in [-0.25, -0.2) is 0 Å². The molecular formula is C15H16N2O2. The van der Waals surface area contributed by atoms with Crippen molar-refractivity contribution in [3.05, 3.63) is 48.0 Å². The smallest absolute Gasteiger partial charge is 0.143 e. The fourth-order valence-corrected chi connectivity index (χ4v) is 1.60. The number of phenols is 1. The molecular weight excluding hydrogens is 240 g/mol. The Kier molecular flexibility index (Phi) is 4.13. The van der Waals surface area contributed by atoms with Gasteiger partial charge in [-0.1, -0.05) is 6.07 Å². The van der Waals surface area contributed by atoms with Gasteiger partial charge in [0.2, 0.25) is 0 Å². The first-order valence-electron chi connectivity index (χ1n) is 6.13. The lowest BCUT2D eigenvalue weighted by molar-refractivity contribution is 0.340. The summed E-state index contributed by atoms with van der Waals surface area (Å²) in [5, 5.41) is 17.8. The second-order valence-electron chi connectivity index (χ2n) is 4.12. The zero-order valence-electron chi connectivity index (χ0n) is 11.0. The van der Waals surface area contributed by atoms with Crippen LogP contribution in [0.1, 0.15) is 12.5 Å². The van der Waals surface area contributed by atoms with Crippen LogP contribution >= 0.6 is 0 Å². The molecule has 0 fully saturated rings. The first-order chi connectivity index (χ1) is 9.19. The summed E-state index contributed by atoms with van der Waals surface area (Å²) in [6.45, 7) is 4.52. The largest absolute Gasteiger partial charge is 0.506 e. The number of hydrogen-bond acceptors (Lipinski definition) is 4. The van der Waals surface area contributed by atoms with Gasteiger partial charge in [0.1, 0.15) is 17.2 Å². The summed E-state index contributed by atoms with van der Waals surface area (Å²) in [5.41, 5.74) is 2.21. The molecule has 0 aliphatic heterocycles. The Morgan fingerprint density at radius 3 is 2.47 bits per heavy atom. The molecule has 4 nitrogen and oxygen atoms in total. The van der Waals surface area contributed by atoms with E-state index in [-0.39, 0.29) is 5.75 Å². The van der Waals surface area contributed by atoms with E-state index in [9.17, 15) is 5.11 Å². The highest BCUT2D eigenvalue weighted by molar-refractivity contribution is 5.52. The summed E-state index contributed by atoms with van der Waals surface area (Å²) in [5.74, 6) is 0.931. The molecule has 0 aliphatic carbocycles. The average Bonchev–Trinajstić information content (AvgIpc) is 2.42. The Morgan fingerprint density at radius 2 is 1.79 bits per heavy atom. The van der Waals surface area contributed by atoms with Gasteiger partial charge in [0, 0.05) is 0 Å². The highest BCUT2D eigenvalue weighted by atomic mass is 16.5. The molecule has 2 aromatic rings. The van der Waals surface area contributed by atoms with Gasteiger partial charge in [-0.05, 0) is 55.8 Å². The minimum atomic E-state index is 0.125. The zero-order chi connectivity index (χ0) is 13.7. The molecule has 0 atom stereocenters. The normalized spacial score (nSPS) is 10.8. The van der Waals surface area contributed by atoms with Crippen molar-refractivity contribution in [1.82, 2.24) is 0 Å². The third-order valence-electron chi connectivity index (χ3n) is 2.55. The topological polar surface area (TPSA) is 54.2 Å². The van der Waals surface area contributed by atoms with Gasteiger partial charge in [-0.3, -0.25) is 0 Å². The lowest BCUT2D eigenvalue weighted by Crippen LogP contribution is -1.89. The van der Waals surface area contributed by atoms with Gasteiger partial charge >= 0.3 is 0 Å². The van der Waals surface area contributed by atoms with Gasteiger partial charge < -0.3 is 9.84 Å². The van der Waals surface area contributed by atoms with E-state index in [1.54, 1.807) is 12.1 Å². The molecule has 0 radical (unpaired) electrons. The van der Waals surface area contributed by atoms with Crippen molar-refractivity contribution in [2.75, 3.05) is 6.61 Å². The van der Waals surface area contributed by atoms with Crippen molar-refractivity contribution in [2.45, 2.75) is 13.8 Å². The molecule has 0 aromatic heterocycles. The van der Waals surface area contributed by atoms with Crippen molar-refractivity contribution in [2.24, 2.45) is 10.2 Å². The predicted molar refractivity (Wildman–Crippen MR) is 74.6 cm³/mol. The number of azo groups is 1. The van der Waals surface area contributed by atoms with Crippen LogP contribution in [0.4, 0.5) is 11.4 Å². The van der Waals surface area contributed by atoms with E-state index in [0.29, 0.717) is 18.0 Å². The minimum absolute atomic E-state index is 0.125. The molecule has 19 heavy (non-hydrogen) atoms. The number of ether oxygens (including phenoxy) is 1. The van der Waals surface area contributed by atoms with Crippen LogP contribution in [-0.2, 0) is 0 Å². The van der Waals surface area contributed by atoms with Crippen LogP contribution in [0.3, 0.4) is 0 Å². The fourth-order valence-electron chi connectivity index (χ4n) is 1.60. The van der Waals surface area contributed by atoms with E-state index in [2.05, 4.69) is 10.2 Å². The van der Waals surface area contributed by atoms with Gasteiger partial charge in [-0.2, -0.15) is 5.11 Å². The molecule has 98 valence electrons. The first kappa shape index (κ1) is 13.1. The molecule has 4 heteroatoms. The Balaban J connectivity index is 2.15. The summed E-state index contributed by atoms with van der Waals surface area (Å²) < 4.78 is 5.35. The van der Waals surface area contributed by atoms with Gasteiger partial charge in [0.05, 0.1) is 12.3 Å². The second-order valence-corrected chi connectivity index (χ2v) is 4.12. The van der Waals surface area contributed by atoms with Gasteiger partial charge in [0.15, 0.2) is 0 Å². The molecule has 2 aromatic carbocycles. The van der Waals surface area contributed by atoms with Crippen LogP contribution in [0, 0.1) is 6.92 Å². The molecule has 0 bridgehead atoms. The Bertz CT molecular complexity index is 577. The summed E-state index contributed by atoms with van der Waals surface area (Å²) in [6.07, 6.45) is 0. The SMILES string of the molecule is CCOc1ccc(N=Nc2cc(C)ccc2O)cc1. The number of phenolic OH excluding ortho intramolecular Hbond substituents is 1. The van der Waals surface area contributed by atoms with Crippen molar-refractivity contribution in [3.8, 4) is 11.5 Å². The molecule has 0 spiro atoms. The van der Waals surface area contributed by atoms with Crippen LogP contribution in [-0.4, -0.2) is 11.7 Å². The van der Waals surface area contributed by atoms with Crippen molar-refractivity contribution < 1.29 is 9.84 Å². The maximum Gasteiger partial charge on any atom is 0.143 e. The summed E-state index contributed by atoms with van der Waals surface area (Å²) in [4.78, 5) is 0. The van der Waals surface area contributed by atoms with Crippen molar-refractivity contribution in [1.29, 1.82) is 0 Å². The zero-order valence-corrected chi connectivity index (χ0v) is 11.0. The Morgan fingerprint density at radius 1 is 1.05 bits per heavy atom. The molecule has 0 saturated carbocycles. The summed E-state index contributed by atoms with van der Waals surface area (Å²) in [7, 11) is 0. The lowest BCUT2D eigenvalue weighted by Gasteiger charge is -2.02. The van der Waals surface area contributed by atoms with E-state index in [0.717, 1.165) is 11.3 Å². The molecule has 0 unspecified atom stereocenters. The van der Waals surface area contributed by atoms with E-state index < -0.39 is 0 Å². The number of aromatic hydroxyl groups is 1. The van der Waals surface area contributed by atoms with E-state index in [1.165, 1.54) is 0 Å². The van der Waals surface area contributed by atoms with Gasteiger partial charge in [-0.15, -0.1) is 5.11 Å². The van der Waals surface area contributed by atoms with Gasteiger partial charge in [0.25, 0.3) is 0 Å². The van der Waals surface area contributed by atoms with Crippen LogP contribution in [0.15, 0.2) is 52.7 Å². The number of benzene rings is 2. The average molecular weight is 256 g/mol. The molecule has 1 N–H and O–H groups in total. The number of aryl methyl sites for hydroxylation is 1. The fraction of sp³-hybridized carbons (Fsp3) is 0.200. The van der Waals surface area contributed by atoms with Crippen LogP contribution in [0.5, 0.6) is 11.5 Å². The number of hydrogen-bond donors (Lipinski definition) is 1. The highest BCUT2D eigenvalue weighted by Gasteiger charge is 1.99. The van der Waals surface area contributed by atoms with Crippen LogP contribution < -0.4 is 4.74 Å². The Hall–Kier alpha value is -2.36. The molecule has 2 rings (SSSR count). The lowest BCUT2D eigenvalue weighted by atomic mass is 10.2. The van der Waals surface area contributed by atoms with E-state index in [4.69, 9.17) is 4.74 Å². The second kappa shape index (κ2) is 6.00. The quantitative estimate of drug-likeness (QED) is 0.818. The monoisotopic (exact) mass is 256 g/mol. The predicted octanol–water partition coefficient (Wildman–Crippen LogP) is 4.51. The van der Waals surface area contributed by atoms with E-state index in [1.807, 2.05) is 44.2 Å². The summed E-state index contributed by atoms with van der Waals surface area (Å²) in [6, 6.07) is 12.5. The maximum atomic E-state index is 9.65. The minimum Gasteiger partial charge on any atom is -0.506 e. The third-order valence-corrected chi connectivity index (χ3v) is 2.55. The Labute approximate surface area is 112 Å². The van der Waals surface area contributed by atoms with Crippen molar-refractivity contribution in [3.63, 3.8) is 0 Å². The van der Waals surface area contributed by atoms with Crippen LogP contribution in [0.25, 0.3) is 0 Å². The molecule has 0 heterocycles. The maximum absolute atomic E-state index is 9.65. The van der Waals surface area contributed by atoms with Crippen molar-refractivity contribution >= 4 is 11.4 Å². The number of rotatable bonds is 4. The standard InChI is InChI=1S/C15H16N2O2/c1-3-19-13-7-5-12(6-8-13)16-17-14-10-11(2)4-9-15(14)18/h4-10,18H,3H2,1-2H3. The number of nitrogens with zero attached hydrogens (tertiary/aromatic N) is 2. The van der Waals surface area contributed by atoms with E-state index >= 15 is 0 Å². The third kappa shape index (κ3) is 3.55. The first-order valence-corrected chi connectivity index (χ1v) is 6.13. The summed E-state index contributed by atoms with van der Waals surface area (Å²) >= 11 is 0.